The Bertz CT molecular complexity index is 1170. The van der Waals surface area contributed by atoms with Gasteiger partial charge in [0.1, 0.15) is 0 Å². The number of alkyl halides is 3. The van der Waals surface area contributed by atoms with Crippen molar-refractivity contribution in [2.45, 2.75) is 11.9 Å². The first-order valence-electron chi connectivity index (χ1n) is 7.97. The van der Waals surface area contributed by atoms with Crippen LogP contribution in [0.25, 0.3) is 10.2 Å². The number of rotatable bonds is 4. The van der Waals surface area contributed by atoms with E-state index in [1.807, 2.05) is 5.32 Å². The minimum Gasteiger partial charge on any atom is -0.772 e. The van der Waals surface area contributed by atoms with E-state index in [2.05, 4.69) is 10.3 Å². The van der Waals surface area contributed by atoms with Crippen molar-refractivity contribution in [2.75, 3.05) is 5.32 Å². The molecular formula is C17H10ClF3N3O4S2-. The van der Waals surface area contributed by atoms with Crippen LogP contribution in [0.5, 0.6) is 0 Å². The maximum absolute atomic E-state index is 12.8. The quantitative estimate of drug-likeness (QED) is 0.545. The summed E-state index contributed by atoms with van der Waals surface area (Å²) >= 11 is 4.54. The van der Waals surface area contributed by atoms with Gasteiger partial charge in [0.05, 0.1) is 26.4 Å². The molecule has 158 valence electrons. The zero-order valence-corrected chi connectivity index (χ0v) is 17.0. The standard InChI is InChI=1S/C17H11ClF3N3O4S2/c18-11-3-2-9(17(19,20)21)6-10(11)14(25)23-15(26)24-16-22-12-4-1-8(7-30(27)28)5-13(12)29-16/h1-6H,7H2,(H,27,28)(H2,22,23,24,25,26)/p-1. The number of benzene rings is 2. The SMILES string of the molecule is O=C(NC(=O)c1cc(C(F)(F)F)ccc1Cl)Nc1nc2ccc(CS(=O)[O-])cc2s1. The molecular weight excluding hydrogens is 467 g/mol. The highest BCUT2D eigenvalue weighted by Gasteiger charge is 2.31. The Morgan fingerprint density at radius 1 is 1.20 bits per heavy atom. The first kappa shape index (κ1) is 22.2. The van der Waals surface area contributed by atoms with Crippen LogP contribution in [0.15, 0.2) is 36.4 Å². The molecule has 3 rings (SSSR count). The number of carbonyl (C=O) groups is 2. The molecule has 0 fully saturated rings. The number of fused-ring (bicyclic) bond motifs is 1. The highest BCUT2D eigenvalue weighted by Crippen LogP contribution is 2.32. The molecule has 0 radical (unpaired) electrons. The molecule has 1 unspecified atom stereocenters. The predicted molar refractivity (Wildman–Crippen MR) is 105 cm³/mol. The van der Waals surface area contributed by atoms with Crippen LogP contribution in [0.1, 0.15) is 21.5 Å². The van der Waals surface area contributed by atoms with Crippen molar-refractivity contribution >= 4 is 61.3 Å². The van der Waals surface area contributed by atoms with Gasteiger partial charge in [0.2, 0.25) is 0 Å². The van der Waals surface area contributed by atoms with E-state index in [0.29, 0.717) is 21.8 Å². The van der Waals surface area contributed by atoms with Gasteiger partial charge in [-0.1, -0.05) is 40.1 Å². The van der Waals surface area contributed by atoms with E-state index in [1.54, 1.807) is 18.2 Å². The molecule has 13 heteroatoms. The number of imide groups is 1. The summed E-state index contributed by atoms with van der Waals surface area (Å²) in [6, 6.07) is 5.90. The van der Waals surface area contributed by atoms with Gasteiger partial charge in [-0.15, -0.1) is 0 Å². The number of hydrogen-bond donors (Lipinski definition) is 2. The number of nitrogens with one attached hydrogen (secondary N) is 2. The lowest BCUT2D eigenvalue weighted by Crippen LogP contribution is -2.34. The van der Waals surface area contributed by atoms with E-state index in [9.17, 15) is 31.5 Å². The number of thiazole rings is 1. The molecule has 0 aliphatic heterocycles. The second kappa shape index (κ2) is 8.68. The topological polar surface area (TPSA) is 111 Å². The monoisotopic (exact) mass is 476 g/mol. The lowest BCUT2D eigenvalue weighted by atomic mass is 10.1. The molecule has 0 aliphatic rings. The zero-order valence-electron chi connectivity index (χ0n) is 14.6. The first-order chi connectivity index (χ1) is 14.0. The summed E-state index contributed by atoms with van der Waals surface area (Å²) in [4.78, 5) is 28.3. The summed E-state index contributed by atoms with van der Waals surface area (Å²) in [7, 11) is 0. The van der Waals surface area contributed by atoms with Crippen molar-refractivity contribution in [3.8, 4) is 0 Å². The summed E-state index contributed by atoms with van der Waals surface area (Å²) in [5, 5.41) is 4.05. The molecule has 3 amide bonds. The average Bonchev–Trinajstić information content (AvgIpc) is 3.01. The Labute approximate surface area is 178 Å². The molecule has 0 spiro atoms. The minimum absolute atomic E-state index is 0.103. The molecule has 7 nitrogen and oxygen atoms in total. The third kappa shape index (κ3) is 5.33. The van der Waals surface area contributed by atoms with E-state index in [-0.39, 0.29) is 15.9 Å². The fourth-order valence-electron chi connectivity index (χ4n) is 2.42. The van der Waals surface area contributed by atoms with Crippen LogP contribution in [-0.2, 0) is 23.0 Å². The van der Waals surface area contributed by atoms with E-state index in [1.165, 1.54) is 0 Å². The summed E-state index contributed by atoms with van der Waals surface area (Å²) in [5.41, 5.74) is -0.576. The van der Waals surface area contributed by atoms with Crippen molar-refractivity contribution in [1.82, 2.24) is 10.3 Å². The van der Waals surface area contributed by atoms with Crippen LogP contribution < -0.4 is 10.6 Å². The molecule has 0 bridgehead atoms. The highest BCUT2D eigenvalue weighted by molar-refractivity contribution is 7.78. The van der Waals surface area contributed by atoms with Crippen LogP contribution in [0.3, 0.4) is 0 Å². The minimum atomic E-state index is -4.68. The third-order valence-corrected chi connectivity index (χ3v) is 5.56. The highest BCUT2D eigenvalue weighted by atomic mass is 35.5. The number of urea groups is 1. The van der Waals surface area contributed by atoms with Crippen molar-refractivity contribution in [1.29, 1.82) is 0 Å². The van der Waals surface area contributed by atoms with Crippen molar-refractivity contribution in [3.05, 3.63) is 58.1 Å². The van der Waals surface area contributed by atoms with Gasteiger partial charge in [-0.3, -0.25) is 19.6 Å². The van der Waals surface area contributed by atoms with E-state index < -0.39 is 40.3 Å². The molecule has 2 aromatic carbocycles. The molecule has 0 aliphatic carbocycles. The summed E-state index contributed by atoms with van der Waals surface area (Å²) in [6.45, 7) is 0. The summed E-state index contributed by atoms with van der Waals surface area (Å²) in [6.07, 6.45) is -4.68. The summed E-state index contributed by atoms with van der Waals surface area (Å²) in [5.74, 6) is -1.30. The molecule has 0 saturated heterocycles. The molecule has 1 atom stereocenters. The Morgan fingerprint density at radius 3 is 2.60 bits per heavy atom. The van der Waals surface area contributed by atoms with Crippen LogP contribution in [0.4, 0.5) is 23.1 Å². The first-order valence-corrected chi connectivity index (χ1v) is 10.4. The lowest BCUT2D eigenvalue weighted by molar-refractivity contribution is -0.137. The van der Waals surface area contributed by atoms with Crippen molar-refractivity contribution in [3.63, 3.8) is 0 Å². The van der Waals surface area contributed by atoms with Crippen LogP contribution >= 0.6 is 22.9 Å². The third-order valence-electron chi connectivity index (χ3n) is 3.72. The van der Waals surface area contributed by atoms with Gasteiger partial charge in [-0.2, -0.15) is 13.2 Å². The Kier molecular flexibility index (Phi) is 6.41. The van der Waals surface area contributed by atoms with Gasteiger partial charge in [0.25, 0.3) is 5.91 Å². The maximum atomic E-state index is 12.8. The lowest BCUT2D eigenvalue weighted by Gasteiger charge is -2.10. The van der Waals surface area contributed by atoms with Crippen LogP contribution in [0.2, 0.25) is 5.02 Å². The largest absolute Gasteiger partial charge is 0.772 e. The van der Waals surface area contributed by atoms with Crippen molar-refractivity contribution < 1.29 is 31.5 Å². The number of carbonyl (C=O) groups excluding carboxylic acids is 2. The number of hydrogen-bond acceptors (Lipinski definition) is 6. The van der Waals surface area contributed by atoms with Crippen molar-refractivity contribution in [2.24, 2.45) is 0 Å². The molecule has 3 aromatic rings. The fourth-order valence-corrected chi connectivity index (χ4v) is 4.00. The number of aromatic nitrogens is 1. The van der Waals surface area contributed by atoms with Crippen LogP contribution in [-0.4, -0.2) is 25.7 Å². The second-order valence-electron chi connectivity index (χ2n) is 5.87. The average molecular weight is 477 g/mol. The number of halogens is 4. The molecule has 0 saturated carbocycles. The van der Waals surface area contributed by atoms with Gasteiger partial charge in [-0.05, 0) is 35.9 Å². The Hall–Kier alpha value is -2.54. The number of nitrogens with zero attached hydrogens (tertiary/aromatic N) is 1. The van der Waals surface area contributed by atoms with Gasteiger partial charge >= 0.3 is 12.2 Å². The number of amides is 3. The Balaban J connectivity index is 1.72. The van der Waals surface area contributed by atoms with E-state index in [0.717, 1.165) is 23.5 Å². The van der Waals surface area contributed by atoms with E-state index >= 15 is 0 Å². The van der Waals surface area contributed by atoms with Gasteiger partial charge in [0.15, 0.2) is 5.13 Å². The van der Waals surface area contributed by atoms with Gasteiger partial charge < -0.3 is 4.55 Å². The predicted octanol–water partition coefficient (Wildman–Crippen LogP) is 4.31. The smallest absolute Gasteiger partial charge is 0.416 e. The molecule has 2 N–H and O–H groups in total. The van der Waals surface area contributed by atoms with E-state index in [4.69, 9.17) is 11.6 Å². The van der Waals surface area contributed by atoms with Gasteiger partial charge in [-0.25, -0.2) is 9.78 Å². The second-order valence-corrected chi connectivity index (χ2v) is 8.20. The molecule has 1 aromatic heterocycles. The van der Waals surface area contributed by atoms with Gasteiger partial charge in [0, 0.05) is 5.75 Å². The van der Waals surface area contributed by atoms with Crippen LogP contribution in [0, 0.1) is 0 Å². The number of anilines is 1. The molecule has 1 heterocycles. The zero-order chi connectivity index (χ0) is 22.1. The normalized spacial score (nSPS) is 12.6. The Morgan fingerprint density at radius 2 is 1.93 bits per heavy atom. The summed E-state index contributed by atoms with van der Waals surface area (Å²) < 4.78 is 60.6. The maximum Gasteiger partial charge on any atom is 0.416 e. The molecule has 30 heavy (non-hydrogen) atoms. The fraction of sp³-hybridized carbons (Fsp3) is 0.118.